The fraction of sp³-hybridized carbons (Fsp3) is 0.111. The second kappa shape index (κ2) is 5.43. The standard InChI is InChI=1S/C9H9FN2O2.ClH/c1-2-8(11)6-3-4-7(10)9(5-6)12(13)14;/h2-5,8H,1,11H2;1H/t8-;/m0./s1. The van der Waals surface area contributed by atoms with Gasteiger partial charge in [0.25, 0.3) is 0 Å². The van der Waals surface area contributed by atoms with Gasteiger partial charge in [0.1, 0.15) is 0 Å². The molecule has 0 aliphatic heterocycles. The number of halogens is 2. The molecule has 1 aromatic rings. The van der Waals surface area contributed by atoms with Gasteiger partial charge >= 0.3 is 5.69 Å². The number of benzene rings is 1. The number of nitrogens with two attached hydrogens (primary N) is 1. The molecule has 0 radical (unpaired) electrons. The highest BCUT2D eigenvalue weighted by molar-refractivity contribution is 5.85. The average Bonchev–Trinajstić information content (AvgIpc) is 2.17. The molecule has 0 aliphatic carbocycles. The Balaban J connectivity index is 0.00000196. The Bertz CT molecular complexity index is 384. The molecule has 0 heterocycles. The summed E-state index contributed by atoms with van der Waals surface area (Å²) in [7, 11) is 0. The van der Waals surface area contributed by atoms with Crippen molar-refractivity contribution in [3.8, 4) is 0 Å². The fourth-order valence-electron chi connectivity index (χ4n) is 1.01. The van der Waals surface area contributed by atoms with E-state index in [2.05, 4.69) is 6.58 Å². The summed E-state index contributed by atoms with van der Waals surface area (Å²) in [5.41, 5.74) is 5.45. The maximum Gasteiger partial charge on any atom is 0.305 e. The van der Waals surface area contributed by atoms with Crippen molar-refractivity contribution in [2.24, 2.45) is 5.73 Å². The second-order valence-corrected chi connectivity index (χ2v) is 2.73. The fourth-order valence-corrected chi connectivity index (χ4v) is 1.01. The number of hydrogen-bond acceptors (Lipinski definition) is 3. The number of nitro benzene ring substituents is 1. The first-order valence-electron chi connectivity index (χ1n) is 3.88. The number of rotatable bonds is 3. The van der Waals surface area contributed by atoms with E-state index >= 15 is 0 Å². The molecule has 0 aliphatic rings. The van der Waals surface area contributed by atoms with Crippen molar-refractivity contribution in [3.05, 3.63) is 52.3 Å². The van der Waals surface area contributed by atoms with Gasteiger partial charge in [0, 0.05) is 12.1 Å². The summed E-state index contributed by atoms with van der Waals surface area (Å²) in [5.74, 6) is -0.866. The van der Waals surface area contributed by atoms with Crippen molar-refractivity contribution in [3.63, 3.8) is 0 Å². The van der Waals surface area contributed by atoms with Crippen LogP contribution in [0.15, 0.2) is 30.9 Å². The van der Waals surface area contributed by atoms with Gasteiger partial charge in [-0.3, -0.25) is 10.1 Å². The summed E-state index contributed by atoms with van der Waals surface area (Å²) < 4.78 is 12.9. The lowest BCUT2D eigenvalue weighted by Gasteiger charge is -2.05. The molecular weight excluding hydrogens is 223 g/mol. The summed E-state index contributed by atoms with van der Waals surface area (Å²) >= 11 is 0. The van der Waals surface area contributed by atoms with E-state index in [4.69, 9.17) is 5.73 Å². The average molecular weight is 233 g/mol. The Morgan fingerprint density at radius 2 is 2.20 bits per heavy atom. The molecule has 0 fully saturated rings. The molecule has 6 heteroatoms. The zero-order valence-electron chi connectivity index (χ0n) is 7.72. The van der Waals surface area contributed by atoms with Gasteiger partial charge in [-0.15, -0.1) is 19.0 Å². The molecule has 1 atom stereocenters. The minimum absolute atomic E-state index is 0. The van der Waals surface area contributed by atoms with Crippen LogP contribution < -0.4 is 5.73 Å². The smallest absolute Gasteiger partial charge is 0.305 e. The minimum atomic E-state index is -0.866. The predicted molar refractivity (Wildman–Crippen MR) is 57.4 cm³/mol. The molecular formula is C9H10ClFN2O2. The van der Waals surface area contributed by atoms with E-state index in [-0.39, 0.29) is 12.4 Å². The van der Waals surface area contributed by atoms with Crippen LogP contribution in [-0.2, 0) is 0 Å². The van der Waals surface area contributed by atoms with Gasteiger partial charge in [0.05, 0.1) is 4.92 Å². The molecule has 15 heavy (non-hydrogen) atoms. The molecule has 0 bridgehead atoms. The predicted octanol–water partition coefficient (Wildman–Crippen LogP) is 2.34. The first-order valence-corrected chi connectivity index (χ1v) is 3.88. The lowest BCUT2D eigenvalue weighted by Crippen LogP contribution is -2.07. The monoisotopic (exact) mass is 232 g/mol. The van der Waals surface area contributed by atoms with Crippen molar-refractivity contribution >= 4 is 18.1 Å². The molecule has 1 aromatic carbocycles. The molecule has 82 valence electrons. The van der Waals surface area contributed by atoms with E-state index in [9.17, 15) is 14.5 Å². The van der Waals surface area contributed by atoms with Crippen LogP contribution in [-0.4, -0.2) is 4.92 Å². The zero-order valence-corrected chi connectivity index (χ0v) is 8.54. The molecule has 0 saturated heterocycles. The van der Waals surface area contributed by atoms with Gasteiger partial charge in [-0.1, -0.05) is 12.1 Å². The van der Waals surface area contributed by atoms with Crippen LogP contribution in [0.4, 0.5) is 10.1 Å². The van der Waals surface area contributed by atoms with Gasteiger partial charge in [-0.05, 0) is 11.6 Å². The molecule has 0 amide bonds. The number of hydrogen-bond donors (Lipinski definition) is 1. The first-order chi connectivity index (χ1) is 6.56. The number of nitrogens with zero attached hydrogens (tertiary/aromatic N) is 1. The summed E-state index contributed by atoms with van der Waals surface area (Å²) in [6.45, 7) is 3.45. The van der Waals surface area contributed by atoms with Crippen LogP contribution in [0.3, 0.4) is 0 Å². The van der Waals surface area contributed by atoms with E-state index < -0.39 is 22.5 Å². The van der Waals surface area contributed by atoms with Crippen molar-refractivity contribution in [2.75, 3.05) is 0 Å². The van der Waals surface area contributed by atoms with Crippen molar-refractivity contribution in [2.45, 2.75) is 6.04 Å². The molecule has 2 N–H and O–H groups in total. The molecule has 0 unspecified atom stereocenters. The van der Waals surface area contributed by atoms with Crippen LogP contribution >= 0.6 is 12.4 Å². The first kappa shape index (κ1) is 13.5. The molecule has 0 spiro atoms. The summed E-state index contributed by atoms with van der Waals surface area (Å²) in [4.78, 5) is 9.60. The lowest BCUT2D eigenvalue weighted by molar-refractivity contribution is -0.387. The maximum absolute atomic E-state index is 12.9. The van der Waals surface area contributed by atoms with E-state index in [1.54, 1.807) is 0 Å². The van der Waals surface area contributed by atoms with Crippen LogP contribution in [0.1, 0.15) is 11.6 Å². The molecule has 1 rings (SSSR count). The quantitative estimate of drug-likeness (QED) is 0.494. The summed E-state index contributed by atoms with van der Waals surface area (Å²) in [6.07, 6.45) is 1.43. The third-order valence-corrected chi connectivity index (χ3v) is 1.81. The van der Waals surface area contributed by atoms with Gasteiger partial charge in [0.15, 0.2) is 0 Å². The van der Waals surface area contributed by atoms with Gasteiger partial charge < -0.3 is 5.73 Å². The maximum atomic E-state index is 12.9. The third kappa shape index (κ3) is 3.00. The Kier molecular flexibility index (Phi) is 4.90. The highest BCUT2D eigenvalue weighted by Gasteiger charge is 2.15. The third-order valence-electron chi connectivity index (χ3n) is 1.81. The van der Waals surface area contributed by atoms with Gasteiger partial charge in [-0.25, -0.2) is 0 Å². The molecule has 0 aromatic heterocycles. The minimum Gasteiger partial charge on any atom is -0.321 e. The zero-order chi connectivity index (χ0) is 10.7. The van der Waals surface area contributed by atoms with E-state index in [0.717, 1.165) is 12.1 Å². The Morgan fingerprint density at radius 1 is 1.60 bits per heavy atom. The summed E-state index contributed by atoms with van der Waals surface area (Å²) in [6, 6.07) is 3.02. The van der Waals surface area contributed by atoms with Crippen LogP contribution in [0.5, 0.6) is 0 Å². The normalized spacial score (nSPS) is 11.3. The highest BCUT2D eigenvalue weighted by Crippen LogP contribution is 2.21. The Morgan fingerprint density at radius 3 is 2.67 bits per heavy atom. The van der Waals surface area contributed by atoms with Crippen molar-refractivity contribution in [1.29, 1.82) is 0 Å². The van der Waals surface area contributed by atoms with E-state index in [1.807, 2.05) is 0 Å². The Labute approximate surface area is 92.1 Å². The lowest BCUT2D eigenvalue weighted by atomic mass is 10.1. The molecule has 0 saturated carbocycles. The van der Waals surface area contributed by atoms with Crippen LogP contribution in [0.2, 0.25) is 0 Å². The SMILES string of the molecule is C=C[C@H](N)c1ccc(F)c([N+](=O)[O-])c1.Cl. The van der Waals surface area contributed by atoms with Crippen molar-refractivity contribution < 1.29 is 9.31 Å². The van der Waals surface area contributed by atoms with Crippen LogP contribution in [0.25, 0.3) is 0 Å². The topological polar surface area (TPSA) is 69.2 Å². The van der Waals surface area contributed by atoms with E-state index in [0.29, 0.717) is 5.56 Å². The van der Waals surface area contributed by atoms with Crippen molar-refractivity contribution in [1.82, 2.24) is 0 Å². The Hall–Kier alpha value is -1.46. The summed E-state index contributed by atoms with van der Waals surface area (Å²) in [5, 5.41) is 10.4. The number of nitro groups is 1. The largest absolute Gasteiger partial charge is 0.321 e. The second-order valence-electron chi connectivity index (χ2n) is 2.73. The van der Waals surface area contributed by atoms with Gasteiger partial charge in [-0.2, -0.15) is 4.39 Å². The highest BCUT2D eigenvalue weighted by atomic mass is 35.5. The van der Waals surface area contributed by atoms with Gasteiger partial charge in [0.2, 0.25) is 5.82 Å². The molecule has 4 nitrogen and oxygen atoms in total. The van der Waals surface area contributed by atoms with Crippen LogP contribution in [0, 0.1) is 15.9 Å². The van der Waals surface area contributed by atoms with E-state index in [1.165, 1.54) is 12.1 Å².